The highest BCUT2D eigenvalue weighted by Gasteiger charge is 2.23. The van der Waals surface area contributed by atoms with Crippen LogP contribution in [0.15, 0.2) is 18.2 Å². The molecule has 2 fully saturated rings. The van der Waals surface area contributed by atoms with Gasteiger partial charge in [0.25, 0.3) is 0 Å². The second-order valence-corrected chi connectivity index (χ2v) is 7.12. The number of nitrogens with zero attached hydrogens (tertiary/aromatic N) is 2. The van der Waals surface area contributed by atoms with E-state index >= 15 is 0 Å². The molecular formula is C19H29N3O2. The summed E-state index contributed by atoms with van der Waals surface area (Å²) in [7, 11) is 0. The number of nitrogens with one attached hydrogen (secondary N) is 1. The van der Waals surface area contributed by atoms with Gasteiger partial charge in [0.15, 0.2) is 0 Å². The van der Waals surface area contributed by atoms with Gasteiger partial charge in [-0.15, -0.1) is 0 Å². The molecule has 0 aliphatic carbocycles. The molecule has 2 saturated heterocycles. The van der Waals surface area contributed by atoms with Crippen molar-refractivity contribution in [3.63, 3.8) is 0 Å². The molecule has 0 aromatic heterocycles. The van der Waals surface area contributed by atoms with Gasteiger partial charge in [0.1, 0.15) is 0 Å². The summed E-state index contributed by atoms with van der Waals surface area (Å²) >= 11 is 0. The van der Waals surface area contributed by atoms with Gasteiger partial charge in [0.2, 0.25) is 5.91 Å². The molecule has 132 valence electrons. The summed E-state index contributed by atoms with van der Waals surface area (Å²) < 4.78 is 5.46. The van der Waals surface area contributed by atoms with Crippen molar-refractivity contribution in [1.29, 1.82) is 0 Å². The summed E-state index contributed by atoms with van der Waals surface area (Å²) in [5.41, 5.74) is 3.20. The largest absolute Gasteiger partial charge is 0.381 e. The highest BCUT2D eigenvalue weighted by Crippen LogP contribution is 2.19. The maximum atomic E-state index is 12.4. The van der Waals surface area contributed by atoms with Gasteiger partial charge in [0.05, 0.1) is 13.2 Å². The molecule has 1 aromatic carbocycles. The van der Waals surface area contributed by atoms with Crippen LogP contribution < -0.4 is 5.32 Å². The van der Waals surface area contributed by atoms with Gasteiger partial charge in [-0.3, -0.25) is 9.69 Å². The minimum absolute atomic E-state index is 0.0880. The van der Waals surface area contributed by atoms with Gasteiger partial charge in [-0.2, -0.15) is 0 Å². The van der Waals surface area contributed by atoms with E-state index in [4.69, 9.17) is 4.74 Å². The fraction of sp³-hybridized carbons (Fsp3) is 0.632. The molecule has 5 nitrogen and oxygen atoms in total. The standard InChI is InChI=1S/C19H29N3O2/c1-15-4-3-5-16(2)19(15)20-18(23)13-22-9-7-21(8-10-22)12-17-6-11-24-14-17/h3-5,17H,6-14H2,1-2H3,(H,20,23). The van der Waals surface area contributed by atoms with Gasteiger partial charge >= 0.3 is 0 Å². The van der Waals surface area contributed by atoms with Crippen molar-refractivity contribution < 1.29 is 9.53 Å². The Morgan fingerprint density at radius 3 is 2.46 bits per heavy atom. The van der Waals surface area contributed by atoms with Crippen molar-refractivity contribution in [2.75, 3.05) is 57.8 Å². The summed E-state index contributed by atoms with van der Waals surface area (Å²) in [6, 6.07) is 6.09. The third kappa shape index (κ3) is 4.56. The Morgan fingerprint density at radius 2 is 1.83 bits per heavy atom. The van der Waals surface area contributed by atoms with Crippen LogP contribution in [-0.2, 0) is 9.53 Å². The van der Waals surface area contributed by atoms with Crippen LogP contribution >= 0.6 is 0 Å². The van der Waals surface area contributed by atoms with Crippen molar-refractivity contribution >= 4 is 11.6 Å². The molecule has 2 aliphatic heterocycles. The first-order valence-corrected chi connectivity index (χ1v) is 9.00. The Balaban J connectivity index is 1.43. The highest BCUT2D eigenvalue weighted by molar-refractivity contribution is 5.93. The first-order valence-electron chi connectivity index (χ1n) is 9.00. The molecule has 1 N–H and O–H groups in total. The predicted molar refractivity (Wildman–Crippen MR) is 96.4 cm³/mol. The number of aryl methyl sites for hydroxylation is 2. The van der Waals surface area contributed by atoms with E-state index < -0.39 is 0 Å². The molecule has 2 heterocycles. The Bertz CT molecular complexity index is 541. The lowest BCUT2D eigenvalue weighted by atomic mass is 10.1. The number of amides is 1. The van der Waals surface area contributed by atoms with Crippen molar-refractivity contribution in [2.24, 2.45) is 5.92 Å². The number of piperazine rings is 1. The fourth-order valence-corrected chi connectivity index (χ4v) is 3.62. The second-order valence-electron chi connectivity index (χ2n) is 7.12. The van der Waals surface area contributed by atoms with Crippen LogP contribution in [0, 0.1) is 19.8 Å². The fourth-order valence-electron chi connectivity index (χ4n) is 3.62. The smallest absolute Gasteiger partial charge is 0.238 e. The minimum atomic E-state index is 0.0880. The molecule has 1 unspecified atom stereocenters. The number of ether oxygens (including phenoxy) is 1. The van der Waals surface area contributed by atoms with Gasteiger partial charge in [-0.05, 0) is 37.3 Å². The van der Waals surface area contributed by atoms with Crippen molar-refractivity contribution in [1.82, 2.24) is 9.80 Å². The van der Waals surface area contributed by atoms with E-state index in [1.165, 1.54) is 6.42 Å². The normalized spacial score (nSPS) is 22.7. The van der Waals surface area contributed by atoms with Gasteiger partial charge in [-0.25, -0.2) is 0 Å². The van der Waals surface area contributed by atoms with Crippen LogP contribution in [0.25, 0.3) is 0 Å². The second kappa shape index (κ2) is 8.10. The highest BCUT2D eigenvalue weighted by atomic mass is 16.5. The molecule has 0 saturated carbocycles. The quantitative estimate of drug-likeness (QED) is 0.895. The summed E-state index contributed by atoms with van der Waals surface area (Å²) in [5, 5.41) is 3.09. The molecule has 1 amide bonds. The third-order valence-electron chi connectivity index (χ3n) is 5.12. The molecule has 1 atom stereocenters. The first-order chi connectivity index (χ1) is 11.6. The monoisotopic (exact) mass is 331 g/mol. The van der Waals surface area contributed by atoms with Crippen LogP contribution in [-0.4, -0.2) is 68.2 Å². The zero-order chi connectivity index (χ0) is 16.9. The Morgan fingerprint density at radius 1 is 1.17 bits per heavy atom. The van der Waals surface area contributed by atoms with Crippen LogP contribution in [0.2, 0.25) is 0 Å². The van der Waals surface area contributed by atoms with Gasteiger partial charge < -0.3 is 15.0 Å². The lowest BCUT2D eigenvalue weighted by Gasteiger charge is -2.35. The number of carbonyl (C=O) groups is 1. The van der Waals surface area contributed by atoms with Gasteiger partial charge in [0, 0.05) is 45.0 Å². The summed E-state index contributed by atoms with van der Waals surface area (Å²) in [6.07, 6.45) is 1.19. The van der Waals surface area contributed by atoms with Crippen molar-refractivity contribution in [2.45, 2.75) is 20.3 Å². The summed E-state index contributed by atoms with van der Waals surface area (Å²) in [5.74, 6) is 0.786. The van der Waals surface area contributed by atoms with E-state index in [9.17, 15) is 4.79 Å². The van der Waals surface area contributed by atoms with Gasteiger partial charge in [-0.1, -0.05) is 18.2 Å². The molecule has 24 heavy (non-hydrogen) atoms. The van der Waals surface area contributed by atoms with E-state index in [1.54, 1.807) is 0 Å². The number of anilines is 1. The lowest BCUT2D eigenvalue weighted by Crippen LogP contribution is -2.49. The topological polar surface area (TPSA) is 44.8 Å². The average molecular weight is 331 g/mol. The lowest BCUT2D eigenvalue weighted by molar-refractivity contribution is -0.117. The van der Waals surface area contributed by atoms with E-state index in [1.807, 2.05) is 32.0 Å². The zero-order valence-corrected chi connectivity index (χ0v) is 14.9. The maximum Gasteiger partial charge on any atom is 0.238 e. The predicted octanol–water partition coefficient (Wildman–Crippen LogP) is 1.90. The summed E-state index contributed by atoms with van der Waals surface area (Å²) in [4.78, 5) is 17.1. The number of hydrogen-bond donors (Lipinski definition) is 1. The van der Waals surface area contributed by atoms with E-state index in [-0.39, 0.29) is 5.91 Å². The molecule has 2 aliphatic rings. The minimum Gasteiger partial charge on any atom is -0.381 e. The van der Waals surface area contributed by atoms with E-state index in [2.05, 4.69) is 15.1 Å². The molecular weight excluding hydrogens is 302 g/mol. The number of para-hydroxylation sites is 1. The molecule has 1 aromatic rings. The molecule has 5 heteroatoms. The van der Waals surface area contributed by atoms with Crippen molar-refractivity contribution in [3.8, 4) is 0 Å². The molecule has 0 spiro atoms. The first kappa shape index (κ1) is 17.4. The Hall–Kier alpha value is -1.43. The molecule has 0 radical (unpaired) electrons. The SMILES string of the molecule is Cc1cccc(C)c1NC(=O)CN1CCN(CC2CCOC2)CC1. The average Bonchev–Trinajstić information content (AvgIpc) is 3.06. The maximum absolute atomic E-state index is 12.4. The van der Waals surface area contributed by atoms with Crippen LogP contribution in [0.3, 0.4) is 0 Å². The third-order valence-corrected chi connectivity index (χ3v) is 5.12. The van der Waals surface area contributed by atoms with E-state index in [0.29, 0.717) is 12.5 Å². The van der Waals surface area contributed by atoms with Crippen LogP contribution in [0.4, 0.5) is 5.69 Å². The molecule has 3 rings (SSSR count). The number of hydrogen-bond acceptors (Lipinski definition) is 4. The van der Waals surface area contributed by atoms with E-state index in [0.717, 1.165) is 62.8 Å². The Kier molecular flexibility index (Phi) is 5.87. The zero-order valence-electron chi connectivity index (χ0n) is 14.9. The van der Waals surface area contributed by atoms with Crippen molar-refractivity contribution in [3.05, 3.63) is 29.3 Å². The number of rotatable bonds is 5. The summed E-state index contributed by atoms with van der Waals surface area (Å²) in [6.45, 7) is 11.6. The van der Waals surface area contributed by atoms with Crippen LogP contribution in [0.1, 0.15) is 17.5 Å². The van der Waals surface area contributed by atoms with Crippen LogP contribution in [0.5, 0.6) is 0 Å². The number of benzene rings is 1. The molecule has 0 bridgehead atoms. The Labute approximate surface area is 145 Å². The number of carbonyl (C=O) groups excluding carboxylic acids is 1.